The molecule has 0 bridgehead atoms. The molecule has 0 saturated carbocycles. The molecule has 4 nitrogen and oxygen atoms in total. The molecule has 23 heavy (non-hydrogen) atoms. The van der Waals surface area contributed by atoms with E-state index in [1.165, 1.54) is 17.8 Å². The van der Waals surface area contributed by atoms with E-state index in [1.807, 2.05) is 5.38 Å². The summed E-state index contributed by atoms with van der Waals surface area (Å²) in [4.78, 5) is 14.5. The summed E-state index contributed by atoms with van der Waals surface area (Å²) in [5.74, 6) is 0.675. The van der Waals surface area contributed by atoms with Crippen LogP contribution in [0.25, 0.3) is 0 Å². The summed E-state index contributed by atoms with van der Waals surface area (Å²) in [6.07, 6.45) is 4.39. The molecule has 2 saturated heterocycles. The Labute approximate surface area is 151 Å². The molecular weight excluding hydrogens is 353 g/mol. The van der Waals surface area contributed by atoms with Crippen LogP contribution in [0.5, 0.6) is 0 Å². The molecule has 0 aromatic carbocycles. The maximum atomic E-state index is 12.1. The normalized spacial score (nSPS) is 25.7. The summed E-state index contributed by atoms with van der Waals surface area (Å²) in [6, 6.07) is 0.0152. The van der Waals surface area contributed by atoms with Crippen LogP contribution < -0.4 is 10.6 Å². The molecule has 2 fully saturated rings. The third-order valence-corrected chi connectivity index (χ3v) is 6.61. The highest BCUT2D eigenvalue weighted by Crippen LogP contribution is 2.33. The van der Waals surface area contributed by atoms with Gasteiger partial charge in [-0.3, -0.25) is 9.69 Å². The predicted octanol–water partition coefficient (Wildman–Crippen LogP) is 3.14. The SMILES string of the molecule is O=C(NCC1CCCN(Cc2csc(Cl)c2Cl)C1)C1CCCN1. The molecule has 2 atom stereocenters. The topological polar surface area (TPSA) is 44.4 Å². The van der Waals surface area contributed by atoms with E-state index in [-0.39, 0.29) is 11.9 Å². The van der Waals surface area contributed by atoms with Crippen LogP contribution in [0.3, 0.4) is 0 Å². The van der Waals surface area contributed by atoms with Crippen molar-refractivity contribution in [3.8, 4) is 0 Å². The molecule has 3 heterocycles. The second-order valence-corrected chi connectivity index (χ2v) is 8.35. The molecule has 0 radical (unpaired) electrons. The first-order chi connectivity index (χ1) is 11.1. The van der Waals surface area contributed by atoms with Crippen LogP contribution in [0, 0.1) is 5.92 Å². The Morgan fingerprint density at radius 1 is 1.39 bits per heavy atom. The van der Waals surface area contributed by atoms with Crippen molar-refractivity contribution >= 4 is 40.4 Å². The number of carbonyl (C=O) groups is 1. The summed E-state index contributed by atoms with van der Waals surface area (Å²) < 4.78 is 0.673. The molecule has 2 aliphatic rings. The molecule has 7 heteroatoms. The van der Waals surface area contributed by atoms with Gasteiger partial charge in [0.25, 0.3) is 0 Å². The van der Waals surface area contributed by atoms with Crippen molar-refractivity contribution in [1.29, 1.82) is 0 Å². The van der Waals surface area contributed by atoms with E-state index in [9.17, 15) is 4.79 Å². The fourth-order valence-corrected chi connectivity index (χ4v) is 4.68. The van der Waals surface area contributed by atoms with Crippen LogP contribution in [0.2, 0.25) is 9.36 Å². The second kappa shape index (κ2) is 8.17. The number of hydrogen-bond acceptors (Lipinski definition) is 4. The molecular formula is C16H23Cl2N3OS. The largest absolute Gasteiger partial charge is 0.354 e. The van der Waals surface area contributed by atoms with Crippen LogP contribution in [-0.2, 0) is 11.3 Å². The summed E-state index contributed by atoms with van der Waals surface area (Å²) in [5, 5.41) is 9.10. The van der Waals surface area contributed by atoms with Crippen LogP contribution in [0.1, 0.15) is 31.2 Å². The van der Waals surface area contributed by atoms with Gasteiger partial charge >= 0.3 is 0 Å². The summed E-state index contributed by atoms with van der Waals surface area (Å²) >= 11 is 13.8. The summed E-state index contributed by atoms with van der Waals surface area (Å²) in [5.41, 5.74) is 1.11. The van der Waals surface area contributed by atoms with Gasteiger partial charge in [0.15, 0.2) is 0 Å². The molecule has 1 aromatic rings. The average Bonchev–Trinajstić information content (AvgIpc) is 3.19. The van der Waals surface area contributed by atoms with Crippen molar-refractivity contribution in [3.63, 3.8) is 0 Å². The van der Waals surface area contributed by atoms with Crippen molar-refractivity contribution in [2.24, 2.45) is 5.92 Å². The van der Waals surface area contributed by atoms with Crippen LogP contribution >= 0.6 is 34.5 Å². The number of piperidine rings is 1. The Hall–Kier alpha value is -0.330. The number of amides is 1. The number of halogens is 2. The first kappa shape index (κ1) is 17.5. The minimum absolute atomic E-state index is 0.0152. The molecule has 2 N–H and O–H groups in total. The van der Waals surface area contributed by atoms with Gasteiger partial charge in [-0.15, -0.1) is 11.3 Å². The summed E-state index contributed by atoms with van der Waals surface area (Å²) in [7, 11) is 0. The van der Waals surface area contributed by atoms with Crippen LogP contribution in [0.4, 0.5) is 0 Å². The van der Waals surface area contributed by atoms with Gasteiger partial charge in [0.1, 0.15) is 4.34 Å². The third-order valence-electron chi connectivity index (χ3n) is 4.70. The van der Waals surface area contributed by atoms with E-state index in [0.717, 1.165) is 57.5 Å². The highest BCUT2D eigenvalue weighted by molar-refractivity contribution is 7.15. The van der Waals surface area contributed by atoms with Gasteiger partial charge in [-0.25, -0.2) is 0 Å². The summed E-state index contributed by atoms with van der Waals surface area (Å²) in [6.45, 7) is 4.65. The van der Waals surface area contributed by atoms with E-state index in [4.69, 9.17) is 23.2 Å². The lowest BCUT2D eigenvalue weighted by Crippen LogP contribution is -2.45. The van der Waals surface area contributed by atoms with E-state index in [0.29, 0.717) is 15.3 Å². The fraction of sp³-hybridized carbons (Fsp3) is 0.688. The van der Waals surface area contributed by atoms with Gasteiger partial charge in [-0.1, -0.05) is 23.2 Å². The molecule has 1 amide bonds. The number of rotatable bonds is 5. The molecule has 2 aliphatic heterocycles. The zero-order valence-electron chi connectivity index (χ0n) is 13.1. The number of nitrogens with one attached hydrogen (secondary N) is 2. The van der Waals surface area contributed by atoms with Gasteiger partial charge in [-0.05, 0) is 55.6 Å². The maximum absolute atomic E-state index is 12.1. The molecule has 3 rings (SSSR count). The molecule has 1 aromatic heterocycles. The van der Waals surface area contributed by atoms with Crippen LogP contribution in [0.15, 0.2) is 5.38 Å². The Morgan fingerprint density at radius 2 is 2.26 bits per heavy atom. The maximum Gasteiger partial charge on any atom is 0.237 e. The number of likely N-dealkylation sites (tertiary alicyclic amines) is 1. The van der Waals surface area contributed by atoms with Crippen LogP contribution in [-0.4, -0.2) is 43.0 Å². The Morgan fingerprint density at radius 3 is 2.96 bits per heavy atom. The second-order valence-electron chi connectivity index (χ2n) is 6.49. The van der Waals surface area contributed by atoms with Gasteiger partial charge in [-0.2, -0.15) is 0 Å². The minimum atomic E-state index is 0.0152. The van der Waals surface area contributed by atoms with E-state index in [1.54, 1.807) is 0 Å². The molecule has 0 aliphatic carbocycles. The smallest absolute Gasteiger partial charge is 0.237 e. The van der Waals surface area contributed by atoms with Gasteiger partial charge < -0.3 is 10.6 Å². The highest BCUT2D eigenvalue weighted by atomic mass is 35.5. The molecule has 128 valence electrons. The monoisotopic (exact) mass is 375 g/mol. The number of thiophene rings is 1. The van der Waals surface area contributed by atoms with E-state index >= 15 is 0 Å². The van der Waals surface area contributed by atoms with Crippen molar-refractivity contribution in [2.45, 2.75) is 38.3 Å². The lowest BCUT2D eigenvalue weighted by molar-refractivity contribution is -0.123. The number of hydrogen-bond donors (Lipinski definition) is 2. The lowest BCUT2D eigenvalue weighted by Gasteiger charge is -2.33. The van der Waals surface area contributed by atoms with E-state index < -0.39 is 0 Å². The molecule has 0 spiro atoms. The zero-order chi connectivity index (χ0) is 16.2. The standard InChI is InChI=1S/C16H23Cl2N3OS/c17-14-12(10-23-15(14)18)9-21-6-2-3-11(8-21)7-20-16(22)13-4-1-5-19-13/h10-11,13,19H,1-9H2,(H,20,22). The Kier molecular flexibility index (Phi) is 6.21. The first-order valence-corrected chi connectivity index (χ1v) is 9.92. The average molecular weight is 376 g/mol. The Balaban J connectivity index is 1.46. The molecule has 2 unspecified atom stereocenters. The minimum Gasteiger partial charge on any atom is -0.354 e. The van der Waals surface area contributed by atoms with Gasteiger partial charge in [0.2, 0.25) is 5.91 Å². The quantitative estimate of drug-likeness (QED) is 0.830. The van der Waals surface area contributed by atoms with Gasteiger partial charge in [0.05, 0.1) is 11.1 Å². The van der Waals surface area contributed by atoms with Gasteiger partial charge in [0, 0.05) is 19.6 Å². The predicted molar refractivity (Wildman–Crippen MR) is 96.4 cm³/mol. The van der Waals surface area contributed by atoms with Crippen molar-refractivity contribution in [1.82, 2.24) is 15.5 Å². The number of nitrogens with zero attached hydrogens (tertiary/aromatic N) is 1. The van der Waals surface area contributed by atoms with E-state index in [2.05, 4.69) is 15.5 Å². The third kappa shape index (κ3) is 4.60. The zero-order valence-corrected chi connectivity index (χ0v) is 15.4. The van der Waals surface area contributed by atoms with Crippen molar-refractivity contribution < 1.29 is 4.79 Å². The lowest BCUT2D eigenvalue weighted by atomic mass is 9.97. The Bertz CT molecular complexity index is 545. The van der Waals surface area contributed by atoms with Crippen molar-refractivity contribution in [2.75, 3.05) is 26.2 Å². The number of carbonyl (C=O) groups excluding carboxylic acids is 1. The first-order valence-electron chi connectivity index (χ1n) is 8.28. The highest BCUT2D eigenvalue weighted by Gasteiger charge is 2.25. The van der Waals surface area contributed by atoms with Crippen molar-refractivity contribution in [3.05, 3.63) is 20.3 Å². The fourth-order valence-electron chi connectivity index (χ4n) is 3.44.